The summed E-state index contributed by atoms with van der Waals surface area (Å²) in [5.74, 6) is 0.262. The van der Waals surface area contributed by atoms with Crippen LogP contribution in [0.5, 0.6) is 5.75 Å². The molecule has 0 aliphatic heterocycles. The van der Waals surface area contributed by atoms with Crippen molar-refractivity contribution in [3.05, 3.63) is 46.0 Å². The number of aliphatic carboxylic acids is 1. The molecule has 0 heterocycles. The molecule has 0 spiro atoms. The first kappa shape index (κ1) is 21.7. The van der Waals surface area contributed by atoms with E-state index in [-0.39, 0.29) is 16.7 Å². The van der Waals surface area contributed by atoms with Gasteiger partial charge in [0.2, 0.25) is 0 Å². The number of carboxylic acid groups (broad SMARTS) is 1. The second kappa shape index (κ2) is 7.66. The lowest BCUT2D eigenvalue weighted by Crippen LogP contribution is -2.34. The van der Waals surface area contributed by atoms with E-state index in [2.05, 4.69) is 39.8 Å². The number of fused-ring (bicyclic) bond motifs is 1. The zero-order valence-electron chi connectivity index (χ0n) is 19.1. The molecule has 2 aliphatic carbocycles. The van der Waals surface area contributed by atoms with Crippen LogP contribution < -0.4 is 4.74 Å². The highest BCUT2D eigenvalue weighted by atomic mass is 16.5. The summed E-state index contributed by atoms with van der Waals surface area (Å²) in [7, 11) is 0. The summed E-state index contributed by atoms with van der Waals surface area (Å²) in [5.41, 5.74) is 6.37. The molecule has 0 unspecified atom stereocenters. The molecule has 1 aromatic rings. The van der Waals surface area contributed by atoms with Crippen molar-refractivity contribution >= 4 is 11.5 Å². The number of carboxylic acids is 1. The molecule has 1 fully saturated rings. The normalized spacial score (nSPS) is 21.3. The van der Waals surface area contributed by atoms with Crippen LogP contribution in [0.4, 0.5) is 0 Å². The minimum atomic E-state index is -0.790. The molecule has 0 radical (unpaired) electrons. The van der Waals surface area contributed by atoms with E-state index in [0.717, 1.165) is 48.1 Å². The highest BCUT2D eigenvalue weighted by molar-refractivity contribution is 5.95. The number of hydrogen-bond acceptors (Lipinski definition) is 2. The Morgan fingerprint density at radius 2 is 1.69 bits per heavy atom. The third-order valence-corrected chi connectivity index (χ3v) is 6.86. The van der Waals surface area contributed by atoms with E-state index in [1.54, 1.807) is 0 Å². The fraction of sp³-hybridized carbons (Fsp3) is 0.577. The van der Waals surface area contributed by atoms with Gasteiger partial charge in [-0.15, -0.1) is 0 Å². The van der Waals surface area contributed by atoms with E-state index >= 15 is 0 Å². The molecule has 29 heavy (non-hydrogen) atoms. The number of benzene rings is 1. The van der Waals surface area contributed by atoms with Crippen LogP contribution in [0, 0.1) is 5.92 Å². The molecule has 3 nitrogen and oxygen atoms in total. The number of carbonyl (C=O) groups is 1. The van der Waals surface area contributed by atoms with Crippen molar-refractivity contribution < 1.29 is 14.6 Å². The third-order valence-electron chi connectivity index (χ3n) is 6.86. The topological polar surface area (TPSA) is 46.5 Å². The second-order valence-electron chi connectivity index (χ2n) is 9.92. The molecule has 158 valence electrons. The molecule has 1 saturated carbocycles. The van der Waals surface area contributed by atoms with Gasteiger partial charge in [0.15, 0.2) is 0 Å². The van der Waals surface area contributed by atoms with E-state index in [4.69, 9.17) is 4.74 Å². The van der Waals surface area contributed by atoms with Crippen molar-refractivity contribution in [3.8, 4) is 5.75 Å². The molecule has 0 bridgehead atoms. The Balaban J connectivity index is 2.25. The Morgan fingerprint density at radius 1 is 1.14 bits per heavy atom. The van der Waals surface area contributed by atoms with Crippen molar-refractivity contribution in [3.63, 3.8) is 0 Å². The fourth-order valence-corrected chi connectivity index (χ4v) is 4.81. The SMILES string of the molecule is CC=C(C(C)=C(C(=O)O)C1CC1)c1cc2c(cc1OCC)C(C)(C)CCC2(C)C. The number of rotatable bonds is 6. The maximum atomic E-state index is 12.0. The van der Waals surface area contributed by atoms with Gasteiger partial charge in [-0.3, -0.25) is 0 Å². The summed E-state index contributed by atoms with van der Waals surface area (Å²) < 4.78 is 6.10. The predicted octanol–water partition coefficient (Wildman–Crippen LogP) is 6.65. The van der Waals surface area contributed by atoms with Crippen molar-refractivity contribution in [2.24, 2.45) is 5.92 Å². The molecule has 3 heteroatoms. The van der Waals surface area contributed by atoms with Gasteiger partial charge < -0.3 is 9.84 Å². The Bertz CT molecular complexity index is 879. The molecule has 1 N–H and O–H groups in total. The minimum Gasteiger partial charge on any atom is -0.493 e. The summed E-state index contributed by atoms with van der Waals surface area (Å²) in [6, 6.07) is 4.51. The maximum Gasteiger partial charge on any atom is 0.332 e. The van der Waals surface area contributed by atoms with Gasteiger partial charge in [-0.2, -0.15) is 0 Å². The number of allylic oxidation sites excluding steroid dienone is 3. The third kappa shape index (κ3) is 4.01. The molecular weight excluding hydrogens is 360 g/mol. The lowest BCUT2D eigenvalue weighted by atomic mass is 9.62. The molecule has 2 aliphatic rings. The molecule has 3 rings (SSSR count). The summed E-state index contributed by atoms with van der Waals surface area (Å²) >= 11 is 0. The van der Waals surface area contributed by atoms with Crippen LogP contribution in [0.25, 0.3) is 5.57 Å². The molecule has 0 atom stereocenters. The van der Waals surface area contributed by atoms with E-state index < -0.39 is 5.97 Å². The zero-order valence-corrected chi connectivity index (χ0v) is 19.1. The Morgan fingerprint density at radius 3 is 2.14 bits per heavy atom. The van der Waals surface area contributed by atoms with Crippen LogP contribution >= 0.6 is 0 Å². The lowest BCUT2D eigenvalue weighted by Gasteiger charge is -2.42. The van der Waals surface area contributed by atoms with Gasteiger partial charge in [0, 0.05) is 11.1 Å². The van der Waals surface area contributed by atoms with E-state index in [1.165, 1.54) is 11.1 Å². The first-order valence-electron chi connectivity index (χ1n) is 11.0. The van der Waals surface area contributed by atoms with Gasteiger partial charge in [-0.25, -0.2) is 4.79 Å². The molecule has 0 saturated heterocycles. The Labute approximate surface area is 175 Å². The van der Waals surface area contributed by atoms with Gasteiger partial charge in [0.1, 0.15) is 5.75 Å². The average molecular weight is 397 g/mol. The summed E-state index contributed by atoms with van der Waals surface area (Å²) in [5, 5.41) is 9.85. The average Bonchev–Trinajstić information content (AvgIpc) is 3.45. The first-order chi connectivity index (χ1) is 13.5. The van der Waals surface area contributed by atoms with Crippen LogP contribution in [-0.4, -0.2) is 17.7 Å². The number of ether oxygens (including phenoxy) is 1. The van der Waals surface area contributed by atoms with E-state index in [1.807, 2.05) is 26.8 Å². The monoisotopic (exact) mass is 396 g/mol. The van der Waals surface area contributed by atoms with E-state index in [9.17, 15) is 9.90 Å². The molecule has 0 aromatic heterocycles. The second-order valence-corrected chi connectivity index (χ2v) is 9.92. The van der Waals surface area contributed by atoms with Crippen molar-refractivity contribution in [2.45, 2.75) is 85.0 Å². The van der Waals surface area contributed by atoms with E-state index in [0.29, 0.717) is 12.2 Å². The Kier molecular flexibility index (Phi) is 5.73. The Hall–Kier alpha value is -2.03. The molecule has 1 aromatic carbocycles. The van der Waals surface area contributed by atoms with Crippen LogP contribution in [0.1, 0.15) is 90.8 Å². The quantitative estimate of drug-likeness (QED) is 0.432. The predicted molar refractivity (Wildman–Crippen MR) is 120 cm³/mol. The largest absolute Gasteiger partial charge is 0.493 e. The van der Waals surface area contributed by atoms with Gasteiger partial charge in [-0.05, 0) is 97.6 Å². The summed E-state index contributed by atoms with van der Waals surface area (Å²) in [4.78, 5) is 12.0. The smallest absolute Gasteiger partial charge is 0.332 e. The van der Waals surface area contributed by atoms with Gasteiger partial charge >= 0.3 is 5.97 Å². The van der Waals surface area contributed by atoms with Gasteiger partial charge in [-0.1, -0.05) is 33.8 Å². The highest BCUT2D eigenvalue weighted by Gasteiger charge is 2.39. The van der Waals surface area contributed by atoms with Crippen molar-refractivity contribution in [1.29, 1.82) is 0 Å². The minimum absolute atomic E-state index is 0.0902. The van der Waals surface area contributed by atoms with Gasteiger partial charge in [0.05, 0.1) is 6.61 Å². The van der Waals surface area contributed by atoms with Crippen LogP contribution in [0.15, 0.2) is 29.4 Å². The highest BCUT2D eigenvalue weighted by Crippen LogP contribution is 2.49. The van der Waals surface area contributed by atoms with Crippen LogP contribution in [0.2, 0.25) is 0 Å². The standard InChI is InChI=1S/C26H36O3/c1-8-18(16(3)23(24(27)28)17-10-11-17)19-14-20-21(15-22(19)29-9-2)26(6,7)13-12-25(20,4)5/h8,14-15,17H,9-13H2,1-7H3,(H,27,28). The van der Waals surface area contributed by atoms with Crippen molar-refractivity contribution in [2.75, 3.05) is 6.61 Å². The summed E-state index contributed by atoms with van der Waals surface area (Å²) in [6.07, 6.45) is 6.28. The fourth-order valence-electron chi connectivity index (χ4n) is 4.81. The number of hydrogen-bond donors (Lipinski definition) is 1. The van der Waals surface area contributed by atoms with Crippen molar-refractivity contribution in [1.82, 2.24) is 0 Å². The van der Waals surface area contributed by atoms with Gasteiger partial charge in [0.25, 0.3) is 0 Å². The molecular formula is C26H36O3. The zero-order chi connectivity index (χ0) is 21.6. The lowest BCUT2D eigenvalue weighted by molar-refractivity contribution is -0.133. The maximum absolute atomic E-state index is 12.0. The van der Waals surface area contributed by atoms with Crippen LogP contribution in [0.3, 0.4) is 0 Å². The summed E-state index contributed by atoms with van der Waals surface area (Å²) in [6.45, 7) is 15.8. The van der Waals surface area contributed by atoms with Crippen LogP contribution in [-0.2, 0) is 15.6 Å². The molecule has 0 amide bonds. The first-order valence-corrected chi connectivity index (χ1v) is 11.0.